The van der Waals surface area contributed by atoms with Crippen LogP contribution in [0.4, 0.5) is 10.1 Å². The van der Waals surface area contributed by atoms with Crippen LogP contribution >= 0.6 is 34.5 Å². The average Bonchev–Trinajstić information content (AvgIpc) is 1.88. The molecule has 0 saturated heterocycles. The summed E-state index contributed by atoms with van der Waals surface area (Å²) >= 11 is 7.56. The van der Waals surface area contributed by atoms with Crippen molar-refractivity contribution in [2.24, 2.45) is 0 Å². The lowest BCUT2D eigenvalue weighted by Crippen LogP contribution is -1.81. The molecular weight excluding hydrogens is 267 g/mol. The Balaban J connectivity index is 3.07. The molecule has 0 aliphatic rings. The molecule has 4 heteroatoms. The zero-order valence-electron chi connectivity index (χ0n) is 4.87. The van der Waals surface area contributed by atoms with E-state index in [0.717, 1.165) is 5.69 Å². The van der Waals surface area contributed by atoms with Crippen molar-refractivity contribution < 1.29 is 4.39 Å². The molecule has 1 aromatic carbocycles. The van der Waals surface area contributed by atoms with Gasteiger partial charge in [-0.05, 0) is 18.2 Å². The van der Waals surface area contributed by atoms with Gasteiger partial charge in [-0.25, -0.2) is 4.39 Å². The van der Waals surface area contributed by atoms with Crippen molar-refractivity contribution in [1.82, 2.24) is 0 Å². The lowest BCUT2D eigenvalue weighted by atomic mass is 10.3. The highest BCUT2D eigenvalue weighted by Gasteiger charge is 1.98. The lowest BCUT2D eigenvalue weighted by molar-refractivity contribution is 0.628. The number of nitrogens with one attached hydrogen (secondary N) is 1. The minimum atomic E-state index is -0.319. The first-order valence-electron chi connectivity index (χ1n) is 2.55. The predicted octanol–water partition coefficient (Wildman–Crippen LogP) is 3.24. The van der Waals surface area contributed by atoms with Crippen molar-refractivity contribution in [1.29, 1.82) is 0 Å². The maximum Gasteiger partial charge on any atom is 0.124 e. The summed E-state index contributed by atoms with van der Waals surface area (Å²) in [7, 11) is 0. The maximum atomic E-state index is 12.4. The van der Waals surface area contributed by atoms with Crippen LogP contribution in [0.5, 0.6) is 0 Å². The fourth-order valence-electron chi connectivity index (χ4n) is 0.566. The fraction of sp³-hybridized carbons (Fsp3) is 0. The summed E-state index contributed by atoms with van der Waals surface area (Å²) in [5, 5.41) is 0.398. The van der Waals surface area contributed by atoms with Crippen molar-refractivity contribution in [3.63, 3.8) is 0 Å². The molecule has 0 atom stereocenters. The van der Waals surface area contributed by atoms with Crippen molar-refractivity contribution in [2.45, 2.75) is 0 Å². The Labute approximate surface area is 77.1 Å². The summed E-state index contributed by atoms with van der Waals surface area (Å²) in [6, 6.07) is 4.21. The van der Waals surface area contributed by atoms with Crippen LogP contribution in [0.2, 0.25) is 5.02 Å². The second kappa shape index (κ2) is 3.39. The molecule has 0 radical (unpaired) electrons. The second-order valence-corrected chi connectivity index (χ2v) is 2.67. The van der Waals surface area contributed by atoms with Gasteiger partial charge in [0.1, 0.15) is 5.82 Å². The Hall–Kier alpha value is -0.0300. The molecular formula is C6H4ClFIN. The first-order chi connectivity index (χ1) is 4.74. The summed E-state index contributed by atoms with van der Waals surface area (Å²) in [6.45, 7) is 0. The molecule has 0 fully saturated rings. The minimum Gasteiger partial charge on any atom is -0.327 e. The highest BCUT2D eigenvalue weighted by Crippen LogP contribution is 2.23. The molecule has 0 aliphatic carbocycles. The van der Waals surface area contributed by atoms with Crippen LogP contribution < -0.4 is 3.53 Å². The molecule has 0 aliphatic heterocycles. The average molecular weight is 271 g/mol. The standard InChI is InChI=1S/C6H4ClFIN/c7-5-3-4(8)1-2-6(5)10-9/h1-3,10H. The Morgan fingerprint density at radius 3 is 2.70 bits per heavy atom. The van der Waals surface area contributed by atoms with E-state index in [1.54, 1.807) is 6.07 Å². The van der Waals surface area contributed by atoms with Crippen LogP contribution in [-0.2, 0) is 0 Å². The minimum absolute atomic E-state index is 0.319. The molecule has 1 aromatic rings. The molecule has 0 aromatic heterocycles. The summed E-state index contributed by atoms with van der Waals surface area (Å²) in [4.78, 5) is 0. The molecule has 0 heterocycles. The van der Waals surface area contributed by atoms with E-state index >= 15 is 0 Å². The molecule has 1 N–H and O–H groups in total. The van der Waals surface area contributed by atoms with Crippen molar-refractivity contribution in [3.8, 4) is 0 Å². The molecule has 0 saturated carbocycles. The van der Waals surface area contributed by atoms with Crippen molar-refractivity contribution in [3.05, 3.63) is 29.0 Å². The van der Waals surface area contributed by atoms with Gasteiger partial charge in [0.25, 0.3) is 0 Å². The molecule has 0 unspecified atom stereocenters. The zero-order chi connectivity index (χ0) is 7.56. The van der Waals surface area contributed by atoms with Gasteiger partial charge in [0.2, 0.25) is 0 Å². The highest BCUT2D eigenvalue weighted by molar-refractivity contribution is 14.1. The van der Waals surface area contributed by atoms with Crippen LogP contribution in [0.15, 0.2) is 18.2 Å². The third-order valence-electron chi connectivity index (χ3n) is 1.03. The van der Waals surface area contributed by atoms with Crippen molar-refractivity contribution >= 4 is 40.2 Å². The third kappa shape index (κ3) is 1.73. The third-order valence-corrected chi connectivity index (χ3v) is 1.93. The number of anilines is 1. The molecule has 10 heavy (non-hydrogen) atoms. The summed E-state index contributed by atoms with van der Waals surface area (Å²) in [6.07, 6.45) is 0. The molecule has 0 spiro atoms. The van der Waals surface area contributed by atoms with Gasteiger partial charge in [-0.1, -0.05) is 11.6 Å². The molecule has 1 nitrogen and oxygen atoms in total. The van der Waals surface area contributed by atoms with Gasteiger partial charge in [-0.2, -0.15) is 0 Å². The Morgan fingerprint density at radius 1 is 1.50 bits per heavy atom. The summed E-state index contributed by atoms with van der Waals surface area (Å²) in [5.74, 6) is -0.319. The predicted molar refractivity (Wildman–Crippen MR) is 49.1 cm³/mol. The van der Waals surface area contributed by atoms with E-state index in [2.05, 4.69) is 3.53 Å². The van der Waals surface area contributed by atoms with E-state index in [9.17, 15) is 4.39 Å². The normalized spacial score (nSPS) is 9.50. The fourth-order valence-corrected chi connectivity index (χ4v) is 1.41. The van der Waals surface area contributed by atoms with E-state index in [-0.39, 0.29) is 5.82 Å². The van der Waals surface area contributed by atoms with Crippen LogP contribution in [0.3, 0.4) is 0 Å². The van der Waals surface area contributed by atoms with Crippen LogP contribution in [0.25, 0.3) is 0 Å². The van der Waals surface area contributed by atoms with Crippen LogP contribution in [0.1, 0.15) is 0 Å². The highest BCUT2D eigenvalue weighted by atomic mass is 127. The Bertz CT molecular complexity index is 241. The van der Waals surface area contributed by atoms with Gasteiger partial charge in [-0.15, -0.1) is 0 Å². The topological polar surface area (TPSA) is 12.0 Å². The first-order valence-corrected chi connectivity index (χ1v) is 4.01. The molecule has 54 valence electrons. The van der Waals surface area contributed by atoms with Crippen LogP contribution in [0, 0.1) is 5.82 Å². The number of rotatable bonds is 1. The van der Waals surface area contributed by atoms with Gasteiger partial charge >= 0.3 is 0 Å². The maximum absolute atomic E-state index is 12.4. The zero-order valence-corrected chi connectivity index (χ0v) is 7.78. The van der Waals surface area contributed by atoms with Gasteiger partial charge in [0.05, 0.1) is 33.6 Å². The lowest BCUT2D eigenvalue weighted by Gasteiger charge is -1.99. The molecule has 0 bridgehead atoms. The van der Waals surface area contributed by atoms with Gasteiger partial charge in [0.15, 0.2) is 0 Å². The quantitative estimate of drug-likeness (QED) is 0.611. The van der Waals surface area contributed by atoms with E-state index in [0.29, 0.717) is 5.02 Å². The molecule has 1 rings (SSSR count). The largest absolute Gasteiger partial charge is 0.327 e. The van der Waals surface area contributed by atoms with E-state index < -0.39 is 0 Å². The van der Waals surface area contributed by atoms with E-state index in [4.69, 9.17) is 11.6 Å². The van der Waals surface area contributed by atoms with E-state index in [1.807, 2.05) is 22.9 Å². The number of hydrogen-bond donors (Lipinski definition) is 1. The summed E-state index contributed by atoms with van der Waals surface area (Å²) < 4.78 is 15.2. The van der Waals surface area contributed by atoms with Crippen LogP contribution in [-0.4, -0.2) is 0 Å². The van der Waals surface area contributed by atoms with Crippen molar-refractivity contribution in [2.75, 3.05) is 3.53 Å². The Morgan fingerprint density at radius 2 is 2.20 bits per heavy atom. The SMILES string of the molecule is Fc1ccc(NI)c(Cl)c1. The first kappa shape index (κ1) is 8.07. The summed E-state index contributed by atoms with van der Waals surface area (Å²) in [5.41, 5.74) is 0.726. The smallest absolute Gasteiger partial charge is 0.124 e. The monoisotopic (exact) mass is 271 g/mol. The van der Waals surface area contributed by atoms with E-state index in [1.165, 1.54) is 12.1 Å². The molecule has 0 amide bonds. The number of halogens is 3. The second-order valence-electron chi connectivity index (χ2n) is 1.72. The van der Waals surface area contributed by atoms with Gasteiger partial charge in [0, 0.05) is 0 Å². The van der Waals surface area contributed by atoms with Gasteiger partial charge < -0.3 is 3.53 Å². The number of benzene rings is 1. The Kier molecular flexibility index (Phi) is 2.73. The number of hydrogen-bond acceptors (Lipinski definition) is 1. The van der Waals surface area contributed by atoms with Gasteiger partial charge in [-0.3, -0.25) is 0 Å².